The summed E-state index contributed by atoms with van der Waals surface area (Å²) >= 11 is 0. The summed E-state index contributed by atoms with van der Waals surface area (Å²) in [6.07, 6.45) is 5.07. The van der Waals surface area contributed by atoms with Crippen LogP contribution < -0.4 is 5.73 Å². The van der Waals surface area contributed by atoms with Gasteiger partial charge in [0.05, 0.1) is 6.10 Å². The Bertz CT molecular complexity index is 79.7. The van der Waals surface area contributed by atoms with Crippen LogP contribution in [0.5, 0.6) is 0 Å². The molecule has 0 unspecified atom stereocenters. The molecule has 0 saturated heterocycles. The number of aliphatic hydroxyl groups excluding tert-OH is 1. The highest BCUT2D eigenvalue weighted by Crippen LogP contribution is 2.15. The predicted molar refractivity (Wildman–Crippen MR) is 44.3 cm³/mol. The molecule has 0 aromatic rings. The third-order valence-electron chi connectivity index (χ3n) is 1.94. The summed E-state index contributed by atoms with van der Waals surface area (Å²) in [6, 6.07) is 0.252. The molecule has 0 radical (unpaired) electrons. The molecule has 62 valence electrons. The molecule has 0 heterocycles. The van der Waals surface area contributed by atoms with Crippen LogP contribution >= 0.6 is 12.4 Å². The van der Waals surface area contributed by atoms with Gasteiger partial charge in [0.25, 0.3) is 0 Å². The number of hydrogen-bond donors (Lipinski definition) is 2. The molecular formula is C7H16ClNO. The maximum Gasteiger partial charge on any atom is 0.0555 e. The van der Waals surface area contributed by atoms with E-state index in [0.717, 1.165) is 25.7 Å². The van der Waals surface area contributed by atoms with E-state index in [1.54, 1.807) is 0 Å². The first-order valence-corrected chi connectivity index (χ1v) is 3.72. The summed E-state index contributed by atoms with van der Waals surface area (Å²) in [6.45, 7) is 0. The van der Waals surface area contributed by atoms with Crippen LogP contribution in [0.3, 0.4) is 0 Å². The molecule has 1 aliphatic rings. The van der Waals surface area contributed by atoms with Crippen molar-refractivity contribution in [3.63, 3.8) is 0 Å². The van der Waals surface area contributed by atoms with Gasteiger partial charge in [0.2, 0.25) is 0 Å². The Morgan fingerprint density at radius 1 is 1.20 bits per heavy atom. The number of hydrogen-bond acceptors (Lipinski definition) is 2. The molecule has 1 aliphatic carbocycles. The maximum atomic E-state index is 9.18. The number of halogens is 1. The minimum absolute atomic E-state index is 0. The van der Waals surface area contributed by atoms with Gasteiger partial charge in [0.15, 0.2) is 0 Å². The molecule has 2 nitrogen and oxygen atoms in total. The van der Waals surface area contributed by atoms with Gasteiger partial charge in [0, 0.05) is 6.04 Å². The lowest BCUT2D eigenvalue weighted by Crippen LogP contribution is -2.23. The Kier molecular flexibility index (Phi) is 5.04. The molecule has 0 bridgehead atoms. The SMILES string of the molecule is Cl.N[C@H]1CCCC[C@H](O)C1. The molecule has 0 aromatic heterocycles. The van der Waals surface area contributed by atoms with E-state index in [0.29, 0.717) is 0 Å². The lowest BCUT2D eigenvalue weighted by atomic mass is 10.1. The molecule has 0 spiro atoms. The predicted octanol–water partition coefficient (Wildman–Crippen LogP) is 1.06. The smallest absolute Gasteiger partial charge is 0.0555 e. The van der Waals surface area contributed by atoms with Crippen molar-refractivity contribution >= 4 is 12.4 Å². The Hall–Kier alpha value is 0.210. The van der Waals surface area contributed by atoms with E-state index in [2.05, 4.69) is 0 Å². The molecule has 1 fully saturated rings. The molecule has 0 aliphatic heterocycles. The van der Waals surface area contributed by atoms with Crippen LogP contribution in [0, 0.1) is 0 Å². The van der Waals surface area contributed by atoms with Crippen LogP contribution in [-0.2, 0) is 0 Å². The summed E-state index contributed by atoms with van der Waals surface area (Å²) in [4.78, 5) is 0. The summed E-state index contributed by atoms with van der Waals surface area (Å²) in [5.41, 5.74) is 5.67. The summed E-state index contributed by atoms with van der Waals surface area (Å²) in [5.74, 6) is 0. The van der Waals surface area contributed by atoms with Gasteiger partial charge in [0.1, 0.15) is 0 Å². The number of nitrogens with two attached hydrogens (primary N) is 1. The van der Waals surface area contributed by atoms with Crippen molar-refractivity contribution in [3.05, 3.63) is 0 Å². The summed E-state index contributed by atoms with van der Waals surface area (Å²) in [5, 5.41) is 9.18. The summed E-state index contributed by atoms with van der Waals surface area (Å²) < 4.78 is 0. The third kappa shape index (κ3) is 3.40. The van der Waals surface area contributed by atoms with Gasteiger partial charge in [-0.05, 0) is 19.3 Å². The second kappa shape index (κ2) is 4.94. The zero-order valence-electron chi connectivity index (χ0n) is 6.12. The second-order valence-corrected chi connectivity index (χ2v) is 2.93. The van der Waals surface area contributed by atoms with Gasteiger partial charge in [-0.25, -0.2) is 0 Å². The molecule has 3 heteroatoms. The van der Waals surface area contributed by atoms with E-state index in [9.17, 15) is 5.11 Å². The number of rotatable bonds is 0. The van der Waals surface area contributed by atoms with Crippen molar-refractivity contribution in [2.45, 2.75) is 44.2 Å². The fourth-order valence-electron chi connectivity index (χ4n) is 1.37. The zero-order chi connectivity index (χ0) is 6.69. The van der Waals surface area contributed by atoms with E-state index < -0.39 is 0 Å². The highest BCUT2D eigenvalue weighted by atomic mass is 35.5. The average molecular weight is 166 g/mol. The van der Waals surface area contributed by atoms with Crippen molar-refractivity contribution in [1.82, 2.24) is 0 Å². The Morgan fingerprint density at radius 2 is 1.80 bits per heavy atom. The minimum atomic E-state index is -0.123. The van der Waals surface area contributed by atoms with Crippen LogP contribution in [-0.4, -0.2) is 17.3 Å². The van der Waals surface area contributed by atoms with Crippen LogP contribution in [0.1, 0.15) is 32.1 Å². The highest BCUT2D eigenvalue weighted by Gasteiger charge is 2.13. The summed E-state index contributed by atoms with van der Waals surface area (Å²) in [7, 11) is 0. The van der Waals surface area contributed by atoms with Gasteiger partial charge in [-0.1, -0.05) is 12.8 Å². The third-order valence-corrected chi connectivity index (χ3v) is 1.94. The fraction of sp³-hybridized carbons (Fsp3) is 1.00. The van der Waals surface area contributed by atoms with Crippen LogP contribution in [0.4, 0.5) is 0 Å². The molecule has 10 heavy (non-hydrogen) atoms. The molecule has 2 atom stereocenters. The van der Waals surface area contributed by atoms with Gasteiger partial charge in [-0.2, -0.15) is 0 Å². The van der Waals surface area contributed by atoms with Crippen molar-refractivity contribution in [3.8, 4) is 0 Å². The molecule has 0 amide bonds. The molecular weight excluding hydrogens is 150 g/mol. The first-order valence-electron chi connectivity index (χ1n) is 3.72. The van der Waals surface area contributed by atoms with E-state index in [4.69, 9.17) is 5.73 Å². The van der Waals surface area contributed by atoms with E-state index in [-0.39, 0.29) is 24.6 Å². The monoisotopic (exact) mass is 165 g/mol. The minimum Gasteiger partial charge on any atom is -0.393 e. The van der Waals surface area contributed by atoms with E-state index in [1.807, 2.05) is 0 Å². The zero-order valence-corrected chi connectivity index (χ0v) is 6.94. The average Bonchev–Trinajstić information content (AvgIpc) is 1.93. The van der Waals surface area contributed by atoms with Crippen LogP contribution in [0.2, 0.25) is 0 Å². The van der Waals surface area contributed by atoms with Gasteiger partial charge < -0.3 is 10.8 Å². The van der Waals surface area contributed by atoms with E-state index in [1.165, 1.54) is 6.42 Å². The van der Waals surface area contributed by atoms with Gasteiger partial charge >= 0.3 is 0 Å². The standard InChI is InChI=1S/C7H15NO.ClH/c8-6-3-1-2-4-7(9)5-6;/h6-7,9H,1-5,8H2;1H/t6-,7-;/m0./s1. The molecule has 3 N–H and O–H groups in total. The Labute approximate surface area is 68.2 Å². The van der Waals surface area contributed by atoms with Gasteiger partial charge in [-0.15, -0.1) is 12.4 Å². The fourth-order valence-corrected chi connectivity index (χ4v) is 1.37. The first kappa shape index (κ1) is 10.2. The Morgan fingerprint density at radius 3 is 2.50 bits per heavy atom. The van der Waals surface area contributed by atoms with Crippen molar-refractivity contribution in [2.75, 3.05) is 0 Å². The van der Waals surface area contributed by atoms with Crippen molar-refractivity contribution in [2.24, 2.45) is 5.73 Å². The van der Waals surface area contributed by atoms with Crippen molar-refractivity contribution in [1.29, 1.82) is 0 Å². The molecule has 1 saturated carbocycles. The maximum absolute atomic E-state index is 9.18. The Balaban J connectivity index is 0.000000810. The molecule has 0 aromatic carbocycles. The second-order valence-electron chi connectivity index (χ2n) is 2.93. The normalized spacial score (nSPS) is 34.2. The van der Waals surface area contributed by atoms with E-state index >= 15 is 0 Å². The van der Waals surface area contributed by atoms with Crippen LogP contribution in [0.15, 0.2) is 0 Å². The van der Waals surface area contributed by atoms with Gasteiger partial charge in [-0.3, -0.25) is 0 Å². The quantitative estimate of drug-likeness (QED) is 0.528. The lowest BCUT2D eigenvalue weighted by molar-refractivity contribution is 0.152. The largest absolute Gasteiger partial charge is 0.393 e. The van der Waals surface area contributed by atoms with Crippen LogP contribution in [0.25, 0.3) is 0 Å². The van der Waals surface area contributed by atoms with Crippen molar-refractivity contribution < 1.29 is 5.11 Å². The first-order chi connectivity index (χ1) is 4.29. The molecule has 1 rings (SSSR count). The number of aliphatic hydroxyl groups is 1. The lowest BCUT2D eigenvalue weighted by Gasteiger charge is -2.09. The highest BCUT2D eigenvalue weighted by molar-refractivity contribution is 5.85. The topological polar surface area (TPSA) is 46.2 Å².